The Kier molecular flexibility index (Phi) is 5.82. The monoisotopic (exact) mass is 391 g/mol. The maximum atomic E-state index is 12.7. The number of esters is 1. The summed E-state index contributed by atoms with van der Waals surface area (Å²) >= 11 is 6.37. The third-order valence-electron chi connectivity index (χ3n) is 4.28. The summed E-state index contributed by atoms with van der Waals surface area (Å²) in [7, 11) is 0. The molecule has 0 spiro atoms. The van der Waals surface area contributed by atoms with E-state index in [0.717, 1.165) is 0 Å². The Morgan fingerprint density at radius 2 is 1.89 bits per heavy atom. The first-order chi connectivity index (χ1) is 12.9. The van der Waals surface area contributed by atoms with Gasteiger partial charge in [-0.15, -0.1) is 0 Å². The molecule has 0 saturated carbocycles. The Hall–Kier alpha value is -2.38. The van der Waals surface area contributed by atoms with Gasteiger partial charge in [0, 0.05) is 13.1 Å². The van der Waals surface area contributed by atoms with Crippen molar-refractivity contribution in [1.29, 1.82) is 0 Å². The van der Waals surface area contributed by atoms with Gasteiger partial charge in [-0.05, 0) is 45.0 Å². The van der Waals surface area contributed by atoms with Crippen molar-refractivity contribution >= 4 is 23.3 Å². The first-order valence-corrected chi connectivity index (χ1v) is 9.24. The highest BCUT2D eigenvalue weighted by Gasteiger charge is 2.25. The minimum absolute atomic E-state index is 0.0441. The molecule has 1 aliphatic rings. The molecule has 7 nitrogen and oxygen atoms in total. The van der Waals surface area contributed by atoms with E-state index in [4.69, 9.17) is 21.1 Å². The van der Waals surface area contributed by atoms with Crippen molar-refractivity contribution in [2.75, 3.05) is 24.6 Å². The zero-order chi connectivity index (χ0) is 19.6. The highest BCUT2D eigenvalue weighted by Crippen LogP contribution is 2.25. The molecular formula is C19H22ClN3O4. The molecule has 0 aliphatic carbocycles. The number of halogens is 1. The van der Waals surface area contributed by atoms with E-state index in [1.807, 2.05) is 18.7 Å². The van der Waals surface area contributed by atoms with Gasteiger partial charge in [0.05, 0.1) is 41.9 Å². The Morgan fingerprint density at radius 1 is 1.26 bits per heavy atom. The third-order valence-corrected chi connectivity index (χ3v) is 4.64. The molecule has 2 heterocycles. The summed E-state index contributed by atoms with van der Waals surface area (Å²) in [5, 5.41) is 4.38. The maximum absolute atomic E-state index is 12.7. The van der Waals surface area contributed by atoms with Crippen LogP contribution in [0, 0.1) is 0 Å². The number of hydrogen-bond acceptors (Lipinski definition) is 6. The summed E-state index contributed by atoms with van der Waals surface area (Å²) in [5.41, 5.74) is 1.12. The number of nitrogens with zero attached hydrogens (tertiary/aromatic N) is 3. The Morgan fingerprint density at radius 3 is 2.48 bits per heavy atom. The summed E-state index contributed by atoms with van der Waals surface area (Å²) in [6.07, 6.45) is 1.68. The van der Waals surface area contributed by atoms with E-state index in [1.54, 1.807) is 37.4 Å². The molecule has 8 heteroatoms. The van der Waals surface area contributed by atoms with Crippen molar-refractivity contribution < 1.29 is 14.3 Å². The molecule has 27 heavy (non-hydrogen) atoms. The summed E-state index contributed by atoms with van der Waals surface area (Å²) in [6, 6.07) is 6.45. The minimum atomic E-state index is -0.412. The molecule has 2 aromatic rings. The van der Waals surface area contributed by atoms with Gasteiger partial charge in [0.2, 0.25) is 0 Å². The number of morpholine rings is 1. The number of aromatic nitrogens is 2. The molecule has 3 rings (SSSR count). The van der Waals surface area contributed by atoms with Crippen molar-refractivity contribution in [3.05, 3.63) is 51.4 Å². The molecule has 0 radical (unpaired) electrons. The number of carbonyl (C=O) groups is 1. The zero-order valence-corrected chi connectivity index (χ0v) is 16.3. The highest BCUT2D eigenvalue weighted by molar-refractivity contribution is 6.33. The smallest absolute Gasteiger partial charge is 0.338 e. The standard InChI is InChI=1S/C19H22ClN3O4/c1-4-26-19(25)14-5-7-15(8-6-14)23-18(24)17(20)16(9-21-23)22-10-12(2)27-13(3)11-22/h5-9,12-13H,4,10-11H2,1-3H3/t12-,13-/m1/s1. The van der Waals surface area contributed by atoms with Gasteiger partial charge < -0.3 is 14.4 Å². The van der Waals surface area contributed by atoms with Crippen molar-refractivity contribution in [3.63, 3.8) is 0 Å². The Labute approximate surface area is 162 Å². The van der Waals surface area contributed by atoms with Crippen LogP contribution in [0.3, 0.4) is 0 Å². The van der Waals surface area contributed by atoms with E-state index in [2.05, 4.69) is 5.10 Å². The number of carbonyl (C=O) groups excluding carboxylic acids is 1. The van der Waals surface area contributed by atoms with Crippen LogP contribution in [0.5, 0.6) is 0 Å². The molecule has 2 atom stereocenters. The number of benzene rings is 1. The van der Waals surface area contributed by atoms with E-state index < -0.39 is 11.5 Å². The molecule has 144 valence electrons. The molecular weight excluding hydrogens is 370 g/mol. The molecule has 0 unspecified atom stereocenters. The topological polar surface area (TPSA) is 73.7 Å². The molecule has 0 amide bonds. The van der Waals surface area contributed by atoms with E-state index in [-0.39, 0.29) is 17.2 Å². The van der Waals surface area contributed by atoms with Crippen LogP contribution in [0.1, 0.15) is 31.1 Å². The highest BCUT2D eigenvalue weighted by atomic mass is 35.5. The normalized spacial score (nSPS) is 19.8. The minimum Gasteiger partial charge on any atom is -0.462 e. The van der Waals surface area contributed by atoms with Crippen molar-refractivity contribution in [1.82, 2.24) is 9.78 Å². The first-order valence-electron chi connectivity index (χ1n) is 8.86. The fraction of sp³-hybridized carbons (Fsp3) is 0.421. The van der Waals surface area contributed by atoms with Gasteiger partial charge in [0.1, 0.15) is 5.02 Å². The predicted octanol–water partition coefficient (Wildman–Crippen LogP) is 2.68. The van der Waals surface area contributed by atoms with Gasteiger partial charge in [-0.1, -0.05) is 11.6 Å². The average Bonchev–Trinajstić information content (AvgIpc) is 2.63. The van der Waals surface area contributed by atoms with Gasteiger partial charge >= 0.3 is 5.97 Å². The largest absolute Gasteiger partial charge is 0.462 e. The fourth-order valence-electron chi connectivity index (χ4n) is 3.16. The molecule has 1 aromatic carbocycles. The lowest BCUT2D eigenvalue weighted by Crippen LogP contribution is -2.46. The zero-order valence-electron chi connectivity index (χ0n) is 15.5. The van der Waals surface area contributed by atoms with Crippen molar-refractivity contribution in [3.8, 4) is 5.69 Å². The van der Waals surface area contributed by atoms with Crippen LogP contribution in [0.2, 0.25) is 5.02 Å². The SMILES string of the molecule is CCOC(=O)c1ccc(-n2ncc(N3C[C@@H](C)O[C@H](C)C3)c(Cl)c2=O)cc1. The van der Waals surface area contributed by atoms with Crippen LogP contribution in [-0.2, 0) is 9.47 Å². The number of ether oxygens (including phenoxy) is 2. The summed E-state index contributed by atoms with van der Waals surface area (Å²) in [5.74, 6) is -0.409. The fourth-order valence-corrected chi connectivity index (χ4v) is 3.40. The third kappa shape index (κ3) is 4.14. The van der Waals surface area contributed by atoms with Crippen molar-refractivity contribution in [2.45, 2.75) is 33.0 Å². The maximum Gasteiger partial charge on any atom is 0.338 e. The van der Waals surface area contributed by atoms with Gasteiger partial charge in [-0.3, -0.25) is 4.79 Å². The molecule has 1 aromatic heterocycles. The molecule has 0 bridgehead atoms. The van der Waals surface area contributed by atoms with Crippen LogP contribution >= 0.6 is 11.6 Å². The van der Waals surface area contributed by atoms with E-state index in [1.165, 1.54) is 4.68 Å². The van der Waals surface area contributed by atoms with Gasteiger partial charge in [0.15, 0.2) is 0 Å². The second-order valence-electron chi connectivity index (χ2n) is 6.49. The van der Waals surface area contributed by atoms with E-state index >= 15 is 0 Å². The van der Waals surface area contributed by atoms with Gasteiger partial charge in [-0.25, -0.2) is 4.79 Å². The van der Waals surface area contributed by atoms with E-state index in [9.17, 15) is 9.59 Å². The average molecular weight is 392 g/mol. The molecule has 0 N–H and O–H groups in total. The van der Waals surface area contributed by atoms with Crippen LogP contribution < -0.4 is 10.5 Å². The summed E-state index contributed by atoms with van der Waals surface area (Å²) in [6.45, 7) is 7.30. The molecule has 1 aliphatic heterocycles. The lowest BCUT2D eigenvalue weighted by molar-refractivity contribution is -0.00524. The van der Waals surface area contributed by atoms with Crippen LogP contribution in [0.4, 0.5) is 5.69 Å². The van der Waals surface area contributed by atoms with Crippen LogP contribution in [0.15, 0.2) is 35.3 Å². The lowest BCUT2D eigenvalue weighted by Gasteiger charge is -2.36. The second-order valence-corrected chi connectivity index (χ2v) is 6.87. The molecule has 1 saturated heterocycles. The lowest BCUT2D eigenvalue weighted by atomic mass is 10.2. The first kappa shape index (κ1) is 19.4. The van der Waals surface area contributed by atoms with Crippen LogP contribution in [0.25, 0.3) is 5.69 Å². The van der Waals surface area contributed by atoms with Crippen molar-refractivity contribution in [2.24, 2.45) is 0 Å². The predicted molar refractivity (Wildman–Crippen MR) is 103 cm³/mol. The Balaban J connectivity index is 1.89. The summed E-state index contributed by atoms with van der Waals surface area (Å²) < 4.78 is 11.9. The quantitative estimate of drug-likeness (QED) is 0.746. The van der Waals surface area contributed by atoms with Gasteiger partial charge in [-0.2, -0.15) is 9.78 Å². The van der Waals surface area contributed by atoms with E-state index in [0.29, 0.717) is 36.6 Å². The molecule has 1 fully saturated rings. The second kappa shape index (κ2) is 8.10. The number of anilines is 1. The number of hydrogen-bond donors (Lipinski definition) is 0. The Bertz CT molecular complexity index is 872. The van der Waals surface area contributed by atoms with Gasteiger partial charge in [0.25, 0.3) is 5.56 Å². The number of rotatable bonds is 4. The van der Waals surface area contributed by atoms with Crippen LogP contribution in [-0.4, -0.2) is 47.7 Å². The summed E-state index contributed by atoms with van der Waals surface area (Å²) in [4.78, 5) is 26.5.